The van der Waals surface area contributed by atoms with Gasteiger partial charge in [0.25, 0.3) is 0 Å². The van der Waals surface area contributed by atoms with Crippen LogP contribution in [-0.4, -0.2) is 58.9 Å². The number of aliphatic carboxylic acids is 1. The lowest BCUT2D eigenvalue weighted by atomic mass is 10.1. The topological polar surface area (TPSA) is 78.9 Å². The lowest BCUT2D eigenvalue weighted by molar-refractivity contribution is -0.141. The number of rotatable bonds is 4. The van der Waals surface area contributed by atoms with Gasteiger partial charge in [0, 0.05) is 25.5 Å². The Hall–Kier alpha value is -0.950. The third-order valence-corrected chi connectivity index (χ3v) is 4.81. The summed E-state index contributed by atoms with van der Waals surface area (Å²) in [6.07, 6.45) is 1.93. The van der Waals surface area contributed by atoms with Crippen LogP contribution in [-0.2, 0) is 9.53 Å². The smallest absolute Gasteiger partial charge is 0.327 e. The SMILES string of the molecule is CC1SCC(C(=O)O)N1C(=O)NCCC1CCOC1. The first-order valence-electron chi connectivity index (χ1n) is 6.58. The van der Waals surface area contributed by atoms with Crippen LogP contribution in [0.5, 0.6) is 0 Å². The van der Waals surface area contributed by atoms with Crippen LogP contribution in [0.4, 0.5) is 4.79 Å². The number of urea groups is 1. The van der Waals surface area contributed by atoms with Crippen LogP contribution < -0.4 is 5.32 Å². The van der Waals surface area contributed by atoms with E-state index in [-0.39, 0.29) is 11.4 Å². The fraction of sp³-hybridized carbons (Fsp3) is 0.833. The van der Waals surface area contributed by atoms with Gasteiger partial charge >= 0.3 is 12.0 Å². The molecular formula is C12H20N2O4S. The van der Waals surface area contributed by atoms with Crippen molar-refractivity contribution in [3.05, 3.63) is 0 Å². The molecule has 2 aliphatic heterocycles. The predicted octanol–water partition coefficient (Wildman–Crippen LogP) is 0.971. The molecule has 0 aromatic rings. The molecule has 19 heavy (non-hydrogen) atoms. The quantitative estimate of drug-likeness (QED) is 0.806. The highest BCUT2D eigenvalue weighted by atomic mass is 32.2. The molecule has 2 aliphatic rings. The number of hydrogen-bond donors (Lipinski definition) is 2. The third-order valence-electron chi connectivity index (χ3n) is 3.60. The minimum atomic E-state index is -0.934. The second-order valence-corrected chi connectivity index (χ2v) is 6.29. The molecule has 2 amide bonds. The summed E-state index contributed by atoms with van der Waals surface area (Å²) in [6.45, 7) is 4.01. The standard InChI is InChI=1S/C12H20N2O4S/c1-8-14(10(7-19-8)11(15)16)12(17)13-4-2-9-3-5-18-6-9/h8-10H,2-7H2,1H3,(H,13,17)(H,15,16). The Kier molecular flexibility index (Phi) is 4.93. The van der Waals surface area contributed by atoms with Crippen molar-refractivity contribution in [2.24, 2.45) is 5.92 Å². The fourth-order valence-corrected chi connectivity index (χ4v) is 3.59. The van der Waals surface area contributed by atoms with Gasteiger partial charge in [0.1, 0.15) is 6.04 Å². The Morgan fingerprint density at radius 3 is 2.95 bits per heavy atom. The highest BCUT2D eigenvalue weighted by Gasteiger charge is 2.39. The minimum Gasteiger partial charge on any atom is -0.480 e. The van der Waals surface area contributed by atoms with E-state index in [0.717, 1.165) is 26.1 Å². The summed E-state index contributed by atoms with van der Waals surface area (Å²) < 4.78 is 5.28. The Morgan fingerprint density at radius 2 is 2.32 bits per heavy atom. The van der Waals surface area contributed by atoms with Gasteiger partial charge in [0.05, 0.1) is 5.37 Å². The van der Waals surface area contributed by atoms with Crippen molar-refractivity contribution >= 4 is 23.8 Å². The van der Waals surface area contributed by atoms with E-state index in [4.69, 9.17) is 9.84 Å². The van der Waals surface area contributed by atoms with E-state index in [2.05, 4.69) is 5.32 Å². The molecule has 0 bridgehead atoms. The van der Waals surface area contributed by atoms with Crippen LogP contribution in [0.3, 0.4) is 0 Å². The maximum atomic E-state index is 12.1. The molecule has 0 aliphatic carbocycles. The van der Waals surface area contributed by atoms with Crippen LogP contribution in [0, 0.1) is 5.92 Å². The Morgan fingerprint density at radius 1 is 1.53 bits per heavy atom. The summed E-state index contributed by atoms with van der Waals surface area (Å²) in [5.41, 5.74) is 0. The number of carbonyl (C=O) groups excluding carboxylic acids is 1. The zero-order chi connectivity index (χ0) is 13.8. The number of carbonyl (C=O) groups is 2. The summed E-state index contributed by atoms with van der Waals surface area (Å²) in [4.78, 5) is 24.6. The first kappa shape index (κ1) is 14.5. The van der Waals surface area contributed by atoms with Gasteiger partial charge in [-0.1, -0.05) is 0 Å². The Bertz CT molecular complexity index is 347. The molecule has 0 spiro atoms. The number of thioether (sulfide) groups is 1. The van der Waals surface area contributed by atoms with Crippen LogP contribution in [0.15, 0.2) is 0 Å². The third kappa shape index (κ3) is 3.54. The van der Waals surface area contributed by atoms with Gasteiger partial charge in [0.15, 0.2) is 0 Å². The molecule has 2 fully saturated rings. The number of ether oxygens (including phenoxy) is 1. The molecule has 3 atom stereocenters. The maximum absolute atomic E-state index is 12.1. The highest BCUT2D eigenvalue weighted by Crippen LogP contribution is 2.28. The maximum Gasteiger partial charge on any atom is 0.327 e. The fourth-order valence-electron chi connectivity index (χ4n) is 2.43. The van der Waals surface area contributed by atoms with E-state index in [1.54, 1.807) is 0 Å². The van der Waals surface area contributed by atoms with Gasteiger partial charge < -0.3 is 15.2 Å². The number of amides is 2. The van der Waals surface area contributed by atoms with E-state index in [1.807, 2.05) is 6.92 Å². The summed E-state index contributed by atoms with van der Waals surface area (Å²) in [5, 5.41) is 11.8. The predicted molar refractivity (Wildman–Crippen MR) is 72.1 cm³/mol. The van der Waals surface area contributed by atoms with Crippen molar-refractivity contribution in [1.29, 1.82) is 0 Å². The zero-order valence-electron chi connectivity index (χ0n) is 11.0. The van der Waals surface area contributed by atoms with Gasteiger partial charge in [-0.25, -0.2) is 9.59 Å². The van der Waals surface area contributed by atoms with Crippen molar-refractivity contribution in [3.63, 3.8) is 0 Å². The molecule has 0 aromatic heterocycles. The van der Waals surface area contributed by atoms with Gasteiger partial charge in [-0.05, 0) is 25.7 Å². The first-order valence-corrected chi connectivity index (χ1v) is 7.62. The molecule has 2 rings (SSSR count). The van der Waals surface area contributed by atoms with Crippen molar-refractivity contribution in [2.75, 3.05) is 25.5 Å². The van der Waals surface area contributed by atoms with Gasteiger partial charge in [0.2, 0.25) is 0 Å². The van der Waals surface area contributed by atoms with Gasteiger partial charge in [-0.2, -0.15) is 0 Å². The average molecular weight is 288 g/mol. The summed E-state index contributed by atoms with van der Waals surface area (Å²) in [5.74, 6) is 0.0394. The van der Waals surface area contributed by atoms with Crippen molar-refractivity contribution in [3.8, 4) is 0 Å². The molecular weight excluding hydrogens is 268 g/mol. The minimum absolute atomic E-state index is 0.0871. The van der Waals surface area contributed by atoms with E-state index < -0.39 is 12.0 Å². The molecule has 6 nitrogen and oxygen atoms in total. The summed E-state index contributed by atoms with van der Waals surface area (Å²) in [7, 11) is 0. The van der Waals surface area contributed by atoms with E-state index in [1.165, 1.54) is 16.7 Å². The normalized spacial score (nSPS) is 30.6. The monoisotopic (exact) mass is 288 g/mol. The van der Waals surface area contributed by atoms with Crippen LogP contribution in [0.1, 0.15) is 19.8 Å². The van der Waals surface area contributed by atoms with Crippen molar-refractivity contribution in [2.45, 2.75) is 31.2 Å². The average Bonchev–Trinajstić information content (AvgIpc) is 2.98. The summed E-state index contributed by atoms with van der Waals surface area (Å²) >= 11 is 1.49. The van der Waals surface area contributed by atoms with Gasteiger partial charge in [-0.3, -0.25) is 4.90 Å². The van der Waals surface area contributed by atoms with E-state index in [0.29, 0.717) is 18.2 Å². The molecule has 2 N–H and O–H groups in total. The molecule has 2 heterocycles. The lowest BCUT2D eigenvalue weighted by Crippen LogP contribution is -2.49. The zero-order valence-corrected chi connectivity index (χ0v) is 11.8. The van der Waals surface area contributed by atoms with Crippen LogP contribution in [0.25, 0.3) is 0 Å². The largest absolute Gasteiger partial charge is 0.480 e. The van der Waals surface area contributed by atoms with Crippen molar-refractivity contribution < 1.29 is 19.4 Å². The number of nitrogens with zero attached hydrogens (tertiary/aromatic N) is 1. The first-order chi connectivity index (χ1) is 9.09. The molecule has 0 aromatic carbocycles. The second kappa shape index (κ2) is 6.47. The number of hydrogen-bond acceptors (Lipinski definition) is 4. The molecule has 7 heteroatoms. The Labute approximate surface area is 116 Å². The highest BCUT2D eigenvalue weighted by molar-refractivity contribution is 8.00. The summed E-state index contributed by atoms with van der Waals surface area (Å²) in [6, 6.07) is -0.987. The molecule has 0 radical (unpaired) electrons. The number of carboxylic acids is 1. The second-order valence-electron chi connectivity index (χ2n) is 4.94. The molecule has 108 valence electrons. The van der Waals surface area contributed by atoms with E-state index >= 15 is 0 Å². The van der Waals surface area contributed by atoms with Crippen molar-refractivity contribution in [1.82, 2.24) is 10.2 Å². The molecule has 2 saturated heterocycles. The van der Waals surface area contributed by atoms with Crippen LogP contribution in [0.2, 0.25) is 0 Å². The molecule has 3 unspecified atom stereocenters. The van der Waals surface area contributed by atoms with E-state index in [9.17, 15) is 9.59 Å². The lowest BCUT2D eigenvalue weighted by Gasteiger charge is -2.25. The Balaban J connectivity index is 1.79. The van der Waals surface area contributed by atoms with Crippen LogP contribution >= 0.6 is 11.8 Å². The number of carboxylic acid groups (broad SMARTS) is 1. The number of nitrogens with one attached hydrogen (secondary N) is 1. The molecule has 0 saturated carbocycles. The van der Waals surface area contributed by atoms with Gasteiger partial charge in [-0.15, -0.1) is 11.8 Å².